The molecule has 3 rings (SSSR count). The van der Waals surface area contributed by atoms with Gasteiger partial charge >= 0.3 is 0 Å². The van der Waals surface area contributed by atoms with E-state index in [-0.39, 0.29) is 5.82 Å². The van der Waals surface area contributed by atoms with E-state index in [0.717, 1.165) is 18.8 Å². The van der Waals surface area contributed by atoms with Gasteiger partial charge in [-0.1, -0.05) is 18.0 Å². The highest BCUT2D eigenvalue weighted by molar-refractivity contribution is 6.30. The van der Waals surface area contributed by atoms with E-state index in [0.29, 0.717) is 17.1 Å². The predicted octanol–water partition coefficient (Wildman–Crippen LogP) is 3.54. The molecule has 104 valence electrons. The lowest BCUT2D eigenvalue weighted by Gasteiger charge is -2.48. The number of fused-ring (bicyclic) bond motifs is 1. The maximum atomic E-state index is 13.5. The molecule has 0 bridgehead atoms. The molecule has 2 heterocycles. The molecule has 2 atom stereocenters. The average Bonchev–Trinajstić information content (AvgIpc) is 2.36. The normalized spacial score (nSPS) is 28.3. The second-order valence-corrected chi connectivity index (χ2v) is 6.21. The second-order valence-electron chi connectivity index (χ2n) is 5.77. The summed E-state index contributed by atoms with van der Waals surface area (Å²) in [4.78, 5) is 4.90. The van der Waals surface area contributed by atoms with Gasteiger partial charge in [0.25, 0.3) is 0 Å². The number of hydrogen-bond acceptors (Lipinski definition) is 2. The summed E-state index contributed by atoms with van der Waals surface area (Å²) < 4.78 is 13.5. The van der Waals surface area contributed by atoms with E-state index in [1.165, 1.54) is 31.9 Å². The van der Waals surface area contributed by atoms with Gasteiger partial charge < -0.3 is 4.90 Å². The lowest BCUT2D eigenvalue weighted by Crippen LogP contribution is -2.58. The van der Waals surface area contributed by atoms with Crippen molar-refractivity contribution < 1.29 is 4.39 Å². The van der Waals surface area contributed by atoms with E-state index in [1.807, 2.05) is 6.07 Å². The van der Waals surface area contributed by atoms with Crippen LogP contribution in [0.2, 0.25) is 5.02 Å². The van der Waals surface area contributed by atoms with Crippen molar-refractivity contribution in [1.82, 2.24) is 4.90 Å². The van der Waals surface area contributed by atoms with Crippen LogP contribution in [0.15, 0.2) is 18.2 Å². The summed E-state index contributed by atoms with van der Waals surface area (Å²) in [5.74, 6) is -0.249. The monoisotopic (exact) mass is 282 g/mol. The first-order chi connectivity index (χ1) is 9.13. The molecule has 0 spiro atoms. The van der Waals surface area contributed by atoms with Crippen LogP contribution in [0.5, 0.6) is 0 Å². The summed E-state index contributed by atoms with van der Waals surface area (Å²) in [6, 6.07) is 5.87. The van der Waals surface area contributed by atoms with Crippen molar-refractivity contribution in [2.24, 2.45) is 0 Å². The Kier molecular flexibility index (Phi) is 3.68. The molecule has 2 aliphatic heterocycles. The third kappa shape index (κ3) is 2.72. The smallest absolute Gasteiger partial charge is 0.126 e. The molecule has 2 unspecified atom stereocenters. The Morgan fingerprint density at radius 3 is 2.84 bits per heavy atom. The molecule has 1 aromatic carbocycles. The molecule has 2 nitrogen and oxygen atoms in total. The summed E-state index contributed by atoms with van der Waals surface area (Å²) >= 11 is 5.98. The molecule has 0 amide bonds. The first kappa shape index (κ1) is 13.2. The van der Waals surface area contributed by atoms with Gasteiger partial charge in [-0.3, -0.25) is 4.90 Å². The zero-order chi connectivity index (χ0) is 13.4. The standard InChI is InChI=1S/C15H20ClFN2/c1-11-9-18-5-3-2-4-14(18)10-19(11)15-7-12(16)6-13(17)8-15/h6-8,11,14H,2-5,9-10H2,1H3. The van der Waals surface area contributed by atoms with Gasteiger partial charge in [0.15, 0.2) is 0 Å². The molecule has 2 aliphatic rings. The van der Waals surface area contributed by atoms with E-state index in [1.54, 1.807) is 6.07 Å². The number of rotatable bonds is 1. The minimum Gasteiger partial charge on any atom is -0.366 e. The molecule has 4 heteroatoms. The largest absolute Gasteiger partial charge is 0.366 e. The van der Waals surface area contributed by atoms with Gasteiger partial charge in [0.2, 0.25) is 0 Å². The van der Waals surface area contributed by atoms with Gasteiger partial charge in [0.1, 0.15) is 5.82 Å². The second kappa shape index (κ2) is 5.29. The van der Waals surface area contributed by atoms with Crippen molar-refractivity contribution >= 4 is 17.3 Å². The van der Waals surface area contributed by atoms with Crippen LogP contribution in [-0.2, 0) is 0 Å². The number of piperazine rings is 1. The van der Waals surface area contributed by atoms with Crippen LogP contribution in [-0.4, -0.2) is 36.6 Å². The molecule has 0 aliphatic carbocycles. The van der Waals surface area contributed by atoms with Crippen molar-refractivity contribution in [1.29, 1.82) is 0 Å². The lowest BCUT2D eigenvalue weighted by atomic mass is 9.96. The molecule has 2 saturated heterocycles. The Hall–Kier alpha value is -0.800. The lowest BCUT2D eigenvalue weighted by molar-refractivity contribution is 0.115. The number of piperidine rings is 1. The fourth-order valence-corrected chi connectivity index (χ4v) is 3.63. The fraction of sp³-hybridized carbons (Fsp3) is 0.600. The minimum atomic E-state index is -0.249. The average molecular weight is 283 g/mol. The predicted molar refractivity (Wildman–Crippen MR) is 77.4 cm³/mol. The van der Waals surface area contributed by atoms with Gasteiger partial charge in [-0.2, -0.15) is 0 Å². The summed E-state index contributed by atoms with van der Waals surface area (Å²) in [7, 11) is 0. The third-order valence-corrected chi connectivity index (χ3v) is 4.58. The molecule has 0 aromatic heterocycles. The number of anilines is 1. The Morgan fingerprint density at radius 1 is 1.21 bits per heavy atom. The summed E-state index contributed by atoms with van der Waals surface area (Å²) in [5.41, 5.74) is 0.919. The third-order valence-electron chi connectivity index (χ3n) is 4.37. The Labute approximate surface area is 119 Å². The molecule has 1 aromatic rings. The van der Waals surface area contributed by atoms with Crippen molar-refractivity contribution in [2.75, 3.05) is 24.5 Å². The number of hydrogen-bond donors (Lipinski definition) is 0. The van der Waals surface area contributed by atoms with E-state index in [9.17, 15) is 4.39 Å². The van der Waals surface area contributed by atoms with Crippen LogP contribution in [0.4, 0.5) is 10.1 Å². The topological polar surface area (TPSA) is 6.48 Å². The first-order valence-electron chi connectivity index (χ1n) is 7.10. The summed E-state index contributed by atoms with van der Waals surface area (Å²) in [5, 5.41) is 0.480. The molecule has 0 saturated carbocycles. The quantitative estimate of drug-likeness (QED) is 0.777. The maximum Gasteiger partial charge on any atom is 0.126 e. The van der Waals surface area contributed by atoms with Crippen LogP contribution in [0, 0.1) is 5.82 Å². The summed E-state index contributed by atoms with van der Waals surface area (Å²) in [6.45, 7) is 5.48. The van der Waals surface area contributed by atoms with Gasteiger partial charge in [-0.15, -0.1) is 0 Å². The van der Waals surface area contributed by atoms with Crippen molar-refractivity contribution in [3.8, 4) is 0 Å². The van der Waals surface area contributed by atoms with Crippen molar-refractivity contribution in [2.45, 2.75) is 38.3 Å². The van der Waals surface area contributed by atoms with Crippen LogP contribution < -0.4 is 4.90 Å². The number of benzene rings is 1. The Morgan fingerprint density at radius 2 is 2.05 bits per heavy atom. The molecule has 0 radical (unpaired) electrons. The zero-order valence-electron chi connectivity index (χ0n) is 11.3. The van der Waals surface area contributed by atoms with E-state index >= 15 is 0 Å². The van der Waals surface area contributed by atoms with Crippen molar-refractivity contribution in [3.05, 3.63) is 29.0 Å². The van der Waals surface area contributed by atoms with E-state index in [2.05, 4.69) is 16.7 Å². The highest BCUT2D eigenvalue weighted by Gasteiger charge is 2.33. The molecule has 0 N–H and O–H groups in total. The fourth-order valence-electron chi connectivity index (χ4n) is 3.42. The molecular formula is C15H20ClFN2. The SMILES string of the molecule is CC1CN2CCCCC2CN1c1cc(F)cc(Cl)c1. The number of halogens is 2. The number of nitrogens with zero attached hydrogens (tertiary/aromatic N) is 2. The first-order valence-corrected chi connectivity index (χ1v) is 7.48. The van der Waals surface area contributed by atoms with E-state index in [4.69, 9.17) is 11.6 Å². The van der Waals surface area contributed by atoms with Gasteiger partial charge in [-0.25, -0.2) is 4.39 Å². The Bertz CT molecular complexity index is 445. The zero-order valence-corrected chi connectivity index (χ0v) is 12.0. The van der Waals surface area contributed by atoms with Gasteiger partial charge in [-0.05, 0) is 44.5 Å². The molecular weight excluding hydrogens is 263 g/mol. The summed E-state index contributed by atoms with van der Waals surface area (Å²) in [6.07, 6.45) is 3.88. The van der Waals surface area contributed by atoms with Gasteiger partial charge in [0, 0.05) is 35.9 Å². The van der Waals surface area contributed by atoms with Gasteiger partial charge in [0.05, 0.1) is 0 Å². The van der Waals surface area contributed by atoms with Crippen LogP contribution in [0.3, 0.4) is 0 Å². The highest BCUT2D eigenvalue weighted by atomic mass is 35.5. The highest BCUT2D eigenvalue weighted by Crippen LogP contribution is 2.30. The van der Waals surface area contributed by atoms with Crippen LogP contribution in [0.1, 0.15) is 26.2 Å². The molecule has 2 fully saturated rings. The maximum absolute atomic E-state index is 13.5. The Balaban J connectivity index is 1.83. The van der Waals surface area contributed by atoms with Crippen LogP contribution >= 0.6 is 11.6 Å². The van der Waals surface area contributed by atoms with Crippen LogP contribution in [0.25, 0.3) is 0 Å². The van der Waals surface area contributed by atoms with E-state index < -0.39 is 0 Å². The molecule has 19 heavy (non-hydrogen) atoms. The minimum absolute atomic E-state index is 0.249. The van der Waals surface area contributed by atoms with Crippen molar-refractivity contribution in [3.63, 3.8) is 0 Å².